The average molecular weight is 270 g/mol. The van der Waals surface area contributed by atoms with Crippen LogP contribution in [0.4, 0.5) is 0 Å². The SMILES string of the molecule is Brc1ccc(-c2cccc3c2C=C[CH]3)cc1. The van der Waals surface area contributed by atoms with E-state index in [9.17, 15) is 0 Å². The van der Waals surface area contributed by atoms with E-state index in [0.29, 0.717) is 0 Å². The second kappa shape index (κ2) is 3.91. The maximum atomic E-state index is 3.46. The molecule has 77 valence electrons. The van der Waals surface area contributed by atoms with Crippen molar-refractivity contribution in [3.63, 3.8) is 0 Å². The highest BCUT2D eigenvalue weighted by Gasteiger charge is 2.10. The Kier molecular flexibility index (Phi) is 2.41. The van der Waals surface area contributed by atoms with Crippen molar-refractivity contribution in [2.75, 3.05) is 0 Å². The summed E-state index contributed by atoms with van der Waals surface area (Å²) in [5.41, 5.74) is 5.19. The number of rotatable bonds is 1. The molecule has 0 atom stereocenters. The van der Waals surface area contributed by atoms with Crippen molar-refractivity contribution in [1.82, 2.24) is 0 Å². The topological polar surface area (TPSA) is 0 Å². The minimum Gasteiger partial charge on any atom is -0.0754 e. The van der Waals surface area contributed by atoms with Gasteiger partial charge in [-0.2, -0.15) is 0 Å². The molecule has 2 aromatic carbocycles. The molecule has 2 aromatic rings. The van der Waals surface area contributed by atoms with E-state index in [2.05, 4.69) is 77.0 Å². The van der Waals surface area contributed by atoms with Crippen LogP contribution in [0.2, 0.25) is 0 Å². The molecular formula is C15H10Br. The monoisotopic (exact) mass is 269 g/mol. The largest absolute Gasteiger partial charge is 0.0754 e. The van der Waals surface area contributed by atoms with Crippen LogP contribution in [0.3, 0.4) is 0 Å². The zero-order valence-corrected chi connectivity index (χ0v) is 10.2. The van der Waals surface area contributed by atoms with Crippen LogP contribution in [0.25, 0.3) is 17.2 Å². The van der Waals surface area contributed by atoms with Gasteiger partial charge < -0.3 is 0 Å². The molecule has 1 heteroatoms. The molecule has 0 aliphatic heterocycles. The minimum atomic E-state index is 1.12. The second-order valence-corrected chi connectivity index (χ2v) is 4.76. The normalized spacial score (nSPS) is 12.8. The Morgan fingerprint density at radius 2 is 1.69 bits per heavy atom. The van der Waals surface area contributed by atoms with Crippen molar-refractivity contribution in [2.45, 2.75) is 0 Å². The maximum absolute atomic E-state index is 3.46. The third-order valence-electron chi connectivity index (χ3n) is 2.83. The van der Waals surface area contributed by atoms with Gasteiger partial charge >= 0.3 is 0 Å². The molecule has 0 heterocycles. The molecule has 0 aromatic heterocycles. The summed E-state index contributed by atoms with van der Waals surface area (Å²) in [6.45, 7) is 0. The van der Waals surface area contributed by atoms with Crippen LogP contribution in [0, 0.1) is 6.42 Å². The molecule has 0 spiro atoms. The lowest BCUT2D eigenvalue weighted by molar-refractivity contribution is 1.52. The second-order valence-electron chi connectivity index (χ2n) is 3.84. The lowest BCUT2D eigenvalue weighted by atomic mass is 9.97. The lowest BCUT2D eigenvalue weighted by Gasteiger charge is -2.07. The Bertz CT molecular complexity index is 550. The van der Waals surface area contributed by atoms with Gasteiger partial charge in [-0.3, -0.25) is 0 Å². The summed E-state index contributed by atoms with van der Waals surface area (Å²) in [7, 11) is 0. The molecule has 0 unspecified atom stereocenters. The number of halogens is 1. The maximum Gasteiger partial charge on any atom is 0.0175 e. The zero-order valence-electron chi connectivity index (χ0n) is 8.65. The summed E-state index contributed by atoms with van der Waals surface area (Å²) in [4.78, 5) is 0. The smallest absolute Gasteiger partial charge is 0.0175 e. The van der Waals surface area contributed by atoms with E-state index in [1.165, 1.54) is 22.3 Å². The number of hydrogen-bond acceptors (Lipinski definition) is 0. The van der Waals surface area contributed by atoms with Crippen LogP contribution in [-0.4, -0.2) is 0 Å². The van der Waals surface area contributed by atoms with Gasteiger partial charge in [-0.25, -0.2) is 0 Å². The zero-order chi connectivity index (χ0) is 11.0. The average Bonchev–Trinajstić information content (AvgIpc) is 2.78. The van der Waals surface area contributed by atoms with Crippen molar-refractivity contribution in [2.24, 2.45) is 0 Å². The van der Waals surface area contributed by atoms with Gasteiger partial charge in [-0.05, 0) is 34.4 Å². The van der Waals surface area contributed by atoms with Crippen molar-refractivity contribution in [1.29, 1.82) is 0 Å². The predicted octanol–water partition coefficient (Wildman–Crippen LogP) is 4.70. The molecule has 0 amide bonds. The molecule has 0 N–H and O–H groups in total. The van der Waals surface area contributed by atoms with Crippen LogP contribution in [0.5, 0.6) is 0 Å². The molecule has 0 saturated heterocycles. The first-order chi connectivity index (χ1) is 7.84. The first-order valence-corrected chi connectivity index (χ1v) is 6.04. The van der Waals surface area contributed by atoms with Crippen LogP contribution >= 0.6 is 15.9 Å². The Morgan fingerprint density at radius 3 is 2.50 bits per heavy atom. The molecule has 1 aliphatic carbocycles. The summed E-state index contributed by atoms with van der Waals surface area (Å²) in [5, 5.41) is 0. The van der Waals surface area contributed by atoms with Gasteiger partial charge in [0.2, 0.25) is 0 Å². The van der Waals surface area contributed by atoms with Crippen LogP contribution < -0.4 is 0 Å². The van der Waals surface area contributed by atoms with Crippen LogP contribution in [0.1, 0.15) is 11.1 Å². The fraction of sp³-hybridized carbons (Fsp3) is 0. The van der Waals surface area contributed by atoms with Crippen molar-refractivity contribution < 1.29 is 0 Å². The van der Waals surface area contributed by atoms with E-state index in [4.69, 9.17) is 0 Å². The third kappa shape index (κ3) is 1.61. The number of allylic oxidation sites excluding steroid dienone is 1. The molecule has 0 fully saturated rings. The molecular weight excluding hydrogens is 260 g/mol. The van der Waals surface area contributed by atoms with Gasteiger partial charge in [0, 0.05) is 10.9 Å². The predicted molar refractivity (Wildman–Crippen MR) is 72.0 cm³/mol. The lowest BCUT2D eigenvalue weighted by Crippen LogP contribution is -1.85. The van der Waals surface area contributed by atoms with E-state index in [-0.39, 0.29) is 0 Å². The van der Waals surface area contributed by atoms with E-state index in [1.54, 1.807) is 0 Å². The van der Waals surface area contributed by atoms with E-state index in [0.717, 1.165) is 4.47 Å². The summed E-state index contributed by atoms with van der Waals surface area (Å²) in [6, 6.07) is 14.9. The number of fused-ring (bicyclic) bond motifs is 1. The van der Waals surface area contributed by atoms with Gasteiger partial charge in [0.25, 0.3) is 0 Å². The van der Waals surface area contributed by atoms with E-state index >= 15 is 0 Å². The summed E-state index contributed by atoms with van der Waals surface area (Å²) in [6.07, 6.45) is 6.43. The summed E-state index contributed by atoms with van der Waals surface area (Å²) < 4.78 is 1.12. The summed E-state index contributed by atoms with van der Waals surface area (Å²) in [5.74, 6) is 0. The fourth-order valence-electron chi connectivity index (χ4n) is 2.04. The number of hydrogen-bond donors (Lipinski definition) is 0. The highest BCUT2D eigenvalue weighted by Crippen LogP contribution is 2.32. The highest BCUT2D eigenvalue weighted by molar-refractivity contribution is 9.10. The molecule has 16 heavy (non-hydrogen) atoms. The van der Waals surface area contributed by atoms with Gasteiger partial charge in [0.1, 0.15) is 0 Å². The van der Waals surface area contributed by atoms with Crippen molar-refractivity contribution in [3.05, 3.63) is 70.6 Å². The first-order valence-electron chi connectivity index (χ1n) is 5.25. The molecule has 1 aliphatic rings. The van der Waals surface area contributed by atoms with Gasteiger partial charge in [0.15, 0.2) is 0 Å². The Hall–Kier alpha value is -1.34. The highest BCUT2D eigenvalue weighted by atomic mass is 79.9. The Balaban J connectivity index is 2.17. The molecule has 3 rings (SSSR count). The Labute approximate surface area is 104 Å². The van der Waals surface area contributed by atoms with Gasteiger partial charge in [-0.1, -0.05) is 58.4 Å². The van der Waals surface area contributed by atoms with Crippen LogP contribution in [0.15, 0.2) is 53.0 Å². The van der Waals surface area contributed by atoms with Crippen molar-refractivity contribution >= 4 is 22.0 Å². The minimum absolute atomic E-state index is 1.12. The van der Waals surface area contributed by atoms with Gasteiger partial charge in [0.05, 0.1) is 0 Å². The van der Waals surface area contributed by atoms with E-state index in [1.807, 2.05) is 0 Å². The Morgan fingerprint density at radius 1 is 0.875 bits per heavy atom. The third-order valence-corrected chi connectivity index (χ3v) is 3.36. The fourth-order valence-corrected chi connectivity index (χ4v) is 2.31. The standard InChI is InChI=1S/C15H10Br/c16-13-9-7-12(8-10-13)15-6-2-4-11-3-1-5-14(11)15/h1-10H. The van der Waals surface area contributed by atoms with Crippen LogP contribution in [-0.2, 0) is 0 Å². The molecule has 0 bridgehead atoms. The van der Waals surface area contributed by atoms with E-state index < -0.39 is 0 Å². The first kappa shape index (κ1) is 9.86. The molecule has 0 saturated carbocycles. The molecule has 1 radical (unpaired) electrons. The summed E-state index contributed by atoms with van der Waals surface area (Å²) >= 11 is 3.46. The number of benzene rings is 2. The van der Waals surface area contributed by atoms with Gasteiger partial charge in [-0.15, -0.1) is 0 Å². The van der Waals surface area contributed by atoms with Crippen molar-refractivity contribution in [3.8, 4) is 11.1 Å². The quantitative estimate of drug-likeness (QED) is 0.704. The molecule has 0 nitrogen and oxygen atoms in total.